The number of nitrogens with zero attached hydrogens (tertiary/aromatic N) is 5. The fraction of sp³-hybridized carbons (Fsp3) is 0.571. The summed E-state index contributed by atoms with van der Waals surface area (Å²) in [4.78, 5) is 11.9. The fourth-order valence-corrected chi connectivity index (χ4v) is 2.46. The quantitative estimate of drug-likeness (QED) is 0.749. The summed E-state index contributed by atoms with van der Waals surface area (Å²) in [7, 11) is 1.92. The average molecular weight is 289 g/mol. The van der Waals surface area contributed by atoms with Crippen molar-refractivity contribution >= 4 is 5.97 Å². The number of carbonyl (C=O) groups is 1. The highest BCUT2D eigenvalue weighted by atomic mass is 16.5. The van der Waals surface area contributed by atoms with Crippen LogP contribution in [-0.4, -0.2) is 37.4 Å². The summed E-state index contributed by atoms with van der Waals surface area (Å²) in [5.74, 6) is 0.0251. The zero-order valence-electron chi connectivity index (χ0n) is 12.3. The molecule has 112 valence electrons. The molecule has 0 spiro atoms. The lowest BCUT2D eigenvalue weighted by molar-refractivity contribution is 0.0518. The van der Waals surface area contributed by atoms with E-state index in [1.54, 1.807) is 13.1 Å². The van der Waals surface area contributed by atoms with Gasteiger partial charge in [0.2, 0.25) is 0 Å². The van der Waals surface area contributed by atoms with Crippen LogP contribution >= 0.6 is 0 Å². The summed E-state index contributed by atoms with van der Waals surface area (Å²) < 4.78 is 8.75. The van der Waals surface area contributed by atoms with Crippen LogP contribution in [0.5, 0.6) is 0 Å². The highest BCUT2D eigenvalue weighted by Gasteiger charge is 2.34. The lowest BCUT2D eigenvalue weighted by Crippen LogP contribution is -2.12. The van der Waals surface area contributed by atoms with Crippen molar-refractivity contribution in [1.82, 2.24) is 24.8 Å². The van der Waals surface area contributed by atoms with Crippen LogP contribution < -0.4 is 0 Å². The Morgan fingerprint density at radius 3 is 2.90 bits per heavy atom. The number of ether oxygens (including phenoxy) is 1. The van der Waals surface area contributed by atoms with Crippen molar-refractivity contribution in [3.63, 3.8) is 0 Å². The summed E-state index contributed by atoms with van der Waals surface area (Å²) in [5.41, 5.74) is 2.44. The maximum atomic E-state index is 11.9. The Morgan fingerprint density at radius 2 is 2.29 bits per heavy atom. The van der Waals surface area contributed by atoms with Gasteiger partial charge in [-0.2, -0.15) is 5.10 Å². The zero-order valence-corrected chi connectivity index (χ0v) is 12.3. The number of rotatable bonds is 6. The molecule has 0 unspecified atom stereocenters. The number of aromatic nitrogens is 5. The maximum Gasteiger partial charge on any atom is 0.360 e. The van der Waals surface area contributed by atoms with Crippen LogP contribution in [0.25, 0.3) is 0 Å². The molecule has 21 heavy (non-hydrogen) atoms. The predicted octanol–water partition coefficient (Wildman–Crippen LogP) is 1.31. The Hall–Kier alpha value is -2.18. The first-order chi connectivity index (χ1) is 10.2. The van der Waals surface area contributed by atoms with Gasteiger partial charge in [0.1, 0.15) is 0 Å². The lowest BCUT2D eigenvalue weighted by atomic mass is 10.2. The Bertz CT molecular complexity index is 642. The second-order valence-corrected chi connectivity index (χ2v) is 5.24. The Balaban J connectivity index is 1.79. The van der Waals surface area contributed by atoms with Gasteiger partial charge >= 0.3 is 5.97 Å². The van der Waals surface area contributed by atoms with Gasteiger partial charge in [-0.3, -0.25) is 4.68 Å². The molecule has 7 heteroatoms. The zero-order chi connectivity index (χ0) is 14.8. The average Bonchev–Trinajstić information content (AvgIpc) is 3.08. The van der Waals surface area contributed by atoms with E-state index in [-0.39, 0.29) is 5.97 Å². The summed E-state index contributed by atoms with van der Waals surface area (Å²) in [6.07, 6.45) is 4.77. The van der Waals surface area contributed by atoms with Gasteiger partial charge in [0.05, 0.1) is 12.3 Å². The monoisotopic (exact) mass is 289 g/mol. The molecule has 0 aromatic carbocycles. The highest BCUT2D eigenvalue weighted by Crippen LogP contribution is 2.41. The topological polar surface area (TPSA) is 74.8 Å². The summed E-state index contributed by atoms with van der Waals surface area (Å²) >= 11 is 0. The van der Waals surface area contributed by atoms with E-state index in [0.29, 0.717) is 24.8 Å². The van der Waals surface area contributed by atoms with Crippen LogP contribution in [0.3, 0.4) is 0 Å². The van der Waals surface area contributed by atoms with Crippen molar-refractivity contribution < 1.29 is 9.53 Å². The normalized spacial score (nSPS) is 14.4. The Morgan fingerprint density at radius 1 is 1.48 bits per heavy atom. The molecule has 0 N–H and O–H groups in total. The van der Waals surface area contributed by atoms with E-state index in [1.165, 1.54) is 0 Å². The van der Waals surface area contributed by atoms with Gasteiger partial charge in [-0.15, -0.1) is 5.10 Å². The molecular formula is C14H19N5O2. The molecule has 1 aliphatic carbocycles. The van der Waals surface area contributed by atoms with Gasteiger partial charge in [-0.25, -0.2) is 9.48 Å². The van der Waals surface area contributed by atoms with Crippen LogP contribution in [-0.2, 0) is 24.8 Å². The minimum Gasteiger partial charge on any atom is -0.461 e. The molecule has 0 bridgehead atoms. The van der Waals surface area contributed by atoms with Crippen LogP contribution in [0, 0.1) is 0 Å². The second-order valence-electron chi connectivity index (χ2n) is 5.24. The van der Waals surface area contributed by atoms with Crippen LogP contribution in [0.2, 0.25) is 0 Å². The van der Waals surface area contributed by atoms with E-state index in [9.17, 15) is 4.79 Å². The van der Waals surface area contributed by atoms with Crippen LogP contribution in [0.15, 0.2) is 12.3 Å². The second kappa shape index (κ2) is 5.67. The van der Waals surface area contributed by atoms with Gasteiger partial charge in [-0.05, 0) is 25.8 Å². The highest BCUT2D eigenvalue weighted by molar-refractivity contribution is 5.88. The molecule has 2 aromatic heterocycles. The first-order valence-corrected chi connectivity index (χ1v) is 7.28. The fourth-order valence-electron chi connectivity index (χ4n) is 2.46. The van der Waals surface area contributed by atoms with E-state index in [0.717, 1.165) is 30.7 Å². The molecule has 1 saturated carbocycles. The summed E-state index contributed by atoms with van der Waals surface area (Å²) in [6.45, 7) is 2.84. The van der Waals surface area contributed by atoms with Crippen molar-refractivity contribution in [3.8, 4) is 0 Å². The molecule has 1 fully saturated rings. The van der Waals surface area contributed by atoms with Gasteiger partial charge in [0.25, 0.3) is 0 Å². The van der Waals surface area contributed by atoms with Gasteiger partial charge in [0, 0.05) is 37.8 Å². The van der Waals surface area contributed by atoms with Gasteiger partial charge in [0.15, 0.2) is 5.69 Å². The summed E-state index contributed by atoms with van der Waals surface area (Å²) in [6, 6.07) is 1.99. The minimum atomic E-state index is -0.369. The molecule has 0 aliphatic heterocycles. The number of hydrogen-bond donors (Lipinski definition) is 0. The van der Waals surface area contributed by atoms with Crippen molar-refractivity contribution in [2.24, 2.45) is 7.05 Å². The number of hydrogen-bond acceptors (Lipinski definition) is 5. The number of esters is 1. The predicted molar refractivity (Wildman–Crippen MR) is 74.9 cm³/mol. The SMILES string of the molecule is CCOC(=O)c1nnn(CCc2ccnn2C)c1C1CC1. The number of aryl methyl sites for hydroxylation is 3. The molecule has 0 atom stereocenters. The Kier molecular flexibility index (Phi) is 3.72. The molecule has 7 nitrogen and oxygen atoms in total. The summed E-state index contributed by atoms with van der Waals surface area (Å²) in [5, 5.41) is 12.3. The van der Waals surface area contributed by atoms with Crippen molar-refractivity contribution in [3.05, 3.63) is 29.3 Å². The molecule has 1 aliphatic rings. The van der Waals surface area contributed by atoms with Crippen molar-refractivity contribution in [2.75, 3.05) is 6.61 Å². The van der Waals surface area contributed by atoms with Crippen molar-refractivity contribution in [1.29, 1.82) is 0 Å². The third-order valence-corrected chi connectivity index (χ3v) is 3.71. The first kappa shape index (κ1) is 13.8. The third kappa shape index (κ3) is 2.81. The first-order valence-electron chi connectivity index (χ1n) is 7.28. The molecule has 0 radical (unpaired) electrons. The maximum absolute atomic E-state index is 11.9. The number of carbonyl (C=O) groups excluding carboxylic acids is 1. The van der Waals surface area contributed by atoms with E-state index >= 15 is 0 Å². The van der Waals surface area contributed by atoms with E-state index in [2.05, 4.69) is 15.4 Å². The largest absolute Gasteiger partial charge is 0.461 e. The van der Waals surface area contributed by atoms with E-state index < -0.39 is 0 Å². The molecule has 2 aromatic rings. The smallest absolute Gasteiger partial charge is 0.360 e. The molecule has 0 saturated heterocycles. The molecule has 3 rings (SSSR count). The lowest BCUT2D eigenvalue weighted by Gasteiger charge is -2.07. The molecular weight excluding hydrogens is 270 g/mol. The Labute approximate surface area is 122 Å². The third-order valence-electron chi connectivity index (χ3n) is 3.71. The van der Waals surface area contributed by atoms with E-state index in [4.69, 9.17) is 4.74 Å². The van der Waals surface area contributed by atoms with Crippen molar-refractivity contribution in [2.45, 2.75) is 38.6 Å². The van der Waals surface area contributed by atoms with Crippen LogP contribution in [0.1, 0.15) is 47.6 Å². The van der Waals surface area contributed by atoms with E-state index in [1.807, 2.05) is 22.5 Å². The standard InChI is InChI=1S/C14H19N5O2/c1-3-21-14(20)12-13(10-4-5-10)19(17-16-12)9-7-11-6-8-15-18(11)2/h6,8,10H,3-5,7,9H2,1-2H3. The minimum absolute atomic E-state index is 0.352. The van der Waals surface area contributed by atoms with Gasteiger partial charge < -0.3 is 4.74 Å². The molecule has 0 amide bonds. The van der Waals surface area contributed by atoms with Gasteiger partial charge in [-0.1, -0.05) is 5.21 Å². The molecule has 2 heterocycles. The van der Waals surface area contributed by atoms with Crippen LogP contribution in [0.4, 0.5) is 0 Å².